The van der Waals surface area contributed by atoms with Crippen molar-refractivity contribution in [1.29, 1.82) is 0 Å². The lowest BCUT2D eigenvalue weighted by Gasteiger charge is -2.53. The zero-order valence-electron chi connectivity index (χ0n) is 7.62. The van der Waals surface area contributed by atoms with Crippen LogP contribution in [0.4, 0.5) is 0 Å². The van der Waals surface area contributed by atoms with Crippen LogP contribution in [-0.4, -0.2) is 35.6 Å². The molecule has 2 aliphatic heterocycles. The van der Waals surface area contributed by atoms with Crippen LogP contribution in [0.25, 0.3) is 0 Å². The van der Waals surface area contributed by atoms with Crippen molar-refractivity contribution in [3.63, 3.8) is 0 Å². The largest absolute Gasteiger partial charge is 0.377 e. The molecule has 12 heavy (non-hydrogen) atoms. The molecule has 2 fully saturated rings. The molecule has 0 aliphatic carbocycles. The molecule has 70 valence electrons. The van der Waals surface area contributed by atoms with Crippen LogP contribution in [0.1, 0.15) is 26.2 Å². The molecule has 1 atom stereocenters. The smallest absolute Gasteiger partial charge is 0.0687 e. The van der Waals surface area contributed by atoms with Crippen molar-refractivity contribution >= 4 is 12.6 Å². The minimum Gasteiger partial charge on any atom is -0.377 e. The fraction of sp³-hybridized carbons (Fsp3) is 1.00. The van der Waals surface area contributed by atoms with Gasteiger partial charge in [0.25, 0.3) is 0 Å². The third kappa shape index (κ3) is 1.28. The standard InChI is InChI=1S/C9H17NOS/c1-8(12)10-5-3-2-4-9(10)6-11-7-9/h8,12H,2-7H2,1H3. The highest BCUT2D eigenvalue weighted by atomic mass is 32.1. The topological polar surface area (TPSA) is 12.5 Å². The van der Waals surface area contributed by atoms with Crippen molar-refractivity contribution in [3.8, 4) is 0 Å². The van der Waals surface area contributed by atoms with Gasteiger partial charge in [-0.05, 0) is 26.3 Å². The monoisotopic (exact) mass is 187 g/mol. The van der Waals surface area contributed by atoms with E-state index >= 15 is 0 Å². The molecular weight excluding hydrogens is 170 g/mol. The van der Waals surface area contributed by atoms with Gasteiger partial charge in [0.15, 0.2) is 0 Å². The Balaban J connectivity index is 2.06. The Morgan fingerprint density at radius 2 is 2.17 bits per heavy atom. The van der Waals surface area contributed by atoms with Crippen LogP contribution in [0.3, 0.4) is 0 Å². The van der Waals surface area contributed by atoms with Gasteiger partial charge in [-0.1, -0.05) is 6.42 Å². The van der Waals surface area contributed by atoms with Gasteiger partial charge >= 0.3 is 0 Å². The maximum absolute atomic E-state index is 5.32. The van der Waals surface area contributed by atoms with Gasteiger partial charge in [-0.2, -0.15) is 12.6 Å². The first-order chi connectivity index (χ1) is 5.75. The lowest BCUT2D eigenvalue weighted by Crippen LogP contribution is -2.65. The minimum absolute atomic E-state index is 0.374. The van der Waals surface area contributed by atoms with Crippen LogP contribution in [0.15, 0.2) is 0 Å². The van der Waals surface area contributed by atoms with Gasteiger partial charge in [0.1, 0.15) is 0 Å². The average Bonchev–Trinajstić information content (AvgIpc) is 2.01. The molecule has 0 aromatic carbocycles. The van der Waals surface area contributed by atoms with Crippen LogP contribution in [0.5, 0.6) is 0 Å². The summed E-state index contributed by atoms with van der Waals surface area (Å²) in [7, 11) is 0. The molecule has 0 bridgehead atoms. The number of nitrogens with zero attached hydrogens (tertiary/aromatic N) is 1. The number of rotatable bonds is 1. The molecule has 0 aromatic rings. The molecule has 0 radical (unpaired) electrons. The van der Waals surface area contributed by atoms with Crippen molar-refractivity contribution in [2.75, 3.05) is 19.8 Å². The number of hydrogen-bond donors (Lipinski definition) is 1. The molecule has 2 saturated heterocycles. The van der Waals surface area contributed by atoms with Crippen molar-refractivity contribution < 1.29 is 4.74 Å². The van der Waals surface area contributed by atoms with Gasteiger partial charge in [0.2, 0.25) is 0 Å². The number of hydrogen-bond acceptors (Lipinski definition) is 3. The molecule has 0 N–H and O–H groups in total. The summed E-state index contributed by atoms with van der Waals surface area (Å²) in [4.78, 5) is 2.50. The first kappa shape index (κ1) is 8.85. The van der Waals surface area contributed by atoms with Gasteiger partial charge in [0, 0.05) is 0 Å². The first-order valence-electron chi connectivity index (χ1n) is 4.77. The predicted molar refractivity (Wildman–Crippen MR) is 52.6 cm³/mol. The average molecular weight is 187 g/mol. The Kier molecular flexibility index (Phi) is 2.36. The van der Waals surface area contributed by atoms with E-state index in [0.29, 0.717) is 10.9 Å². The molecule has 1 spiro atoms. The minimum atomic E-state index is 0.374. The predicted octanol–water partition coefficient (Wildman–Crippen LogP) is 1.52. The molecule has 3 heteroatoms. The highest BCUT2D eigenvalue weighted by molar-refractivity contribution is 7.80. The first-order valence-corrected chi connectivity index (χ1v) is 5.29. The molecule has 2 aliphatic rings. The van der Waals surface area contributed by atoms with E-state index in [4.69, 9.17) is 4.74 Å². The third-order valence-electron chi connectivity index (χ3n) is 3.09. The van der Waals surface area contributed by atoms with Crippen LogP contribution in [0.2, 0.25) is 0 Å². The maximum Gasteiger partial charge on any atom is 0.0687 e. The van der Waals surface area contributed by atoms with E-state index in [1.807, 2.05) is 0 Å². The highest BCUT2D eigenvalue weighted by Crippen LogP contribution is 2.36. The van der Waals surface area contributed by atoms with E-state index in [1.54, 1.807) is 0 Å². The van der Waals surface area contributed by atoms with E-state index in [-0.39, 0.29) is 0 Å². The zero-order valence-corrected chi connectivity index (χ0v) is 8.52. The Morgan fingerprint density at radius 1 is 1.42 bits per heavy atom. The molecule has 2 heterocycles. The summed E-state index contributed by atoms with van der Waals surface area (Å²) >= 11 is 4.51. The number of piperidine rings is 1. The van der Waals surface area contributed by atoms with Gasteiger partial charge in [-0.15, -0.1) is 0 Å². The third-order valence-corrected chi connectivity index (χ3v) is 3.37. The lowest BCUT2D eigenvalue weighted by atomic mass is 9.85. The summed E-state index contributed by atoms with van der Waals surface area (Å²) in [5.74, 6) is 0. The summed E-state index contributed by atoms with van der Waals surface area (Å²) in [6.07, 6.45) is 3.99. The van der Waals surface area contributed by atoms with Gasteiger partial charge in [-0.25, -0.2) is 0 Å². The molecule has 0 saturated carbocycles. The molecule has 2 nitrogen and oxygen atoms in total. The summed E-state index contributed by atoms with van der Waals surface area (Å²) in [6.45, 7) is 5.22. The van der Waals surface area contributed by atoms with Crippen molar-refractivity contribution in [3.05, 3.63) is 0 Å². The second kappa shape index (κ2) is 3.20. The zero-order chi connectivity index (χ0) is 8.60. The van der Waals surface area contributed by atoms with Crippen molar-refractivity contribution in [2.24, 2.45) is 0 Å². The Hall–Kier alpha value is 0.270. The van der Waals surface area contributed by atoms with Crippen molar-refractivity contribution in [2.45, 2.75) is 37.1 Å². The SMILES string of the molecule is CC(S)N1CCCCC12COC2. The van der Waals surface area contributed by atoms with Gasteiger partial charge in [0.05, 0.1) is 24.1 Å². The number of ether oxygens (including phenoxy) is 1. The normalized spacial score (nSPS) is 31.5. The summed E-state index contributed by atoms with van der Waals surface area (Å²) in [6, 6.07) is 0. The van der Waals surface area contributed by atoms with Crippen LogP contribution in [-0.2, 0) is 4.74 Å². The van der Waals surface area contributed by atoms with E-state index in [0.717, 1.165) is 13.2 Å². The number of likely N-dealkylation sites (tertiary alicyclic amines) is 1. The molecule has 1 unspecified atom stereocenters. The lowest BCUT2D eigenvalue weighted by molar-refractivity contribution is -0.158. The summed E-state index contributed by atoms with van der Waals surface area (Å²) in [5.41, 5.74) is 0.374. The van der Waals surface area contributed by atoms with Gasteiger partial charge in [-0.3, -0.25) is 4.90 Å². The Bertz CT molecular complexity index is 168. The molecular formula is C9H17NOS. The van der Waals surface area contributed by atoms with Crippen LogP contribution >= 0.6 is 12.6 Å². The molecule has 0 aromatic heterocycles. The highest BCUT2D eigenvalue weighted by Gasteiger charge is 2.46. The Morgan fingerprint density at radius 3 is 2.58 bits per heavy atom. The van der Waals surface area contributed by atoms with Crippen LogP contribution < -0.4 is 0 Å². The fourth-order valence-corrected chi connectivity index (χ4v) is 2.71. The summed E-state index contributed by atoms with van der Waals surface area (Å²) in [5, 5.41) is 0.384. The maximum atomic E-state index is 5.32. The van der Waals surface area contributed by atoms with E-state index in [9.17, 15) is 0 Å². The van der Waals surface area contributed by atoms with Crippen LogP contribution in [0, 0.1) is 0 Å². The molecule has 0 amide bonds. The second-order valence-electron chi connectivity index (χ2n) is 4.00. The molecule has 2 rings (SSSR count). The van der Waals surface area contributed by atoms with E-state index in [2.05, 4.69) is 24.5 Å². The quantitative estimate of drug-likeness (QED) is 0.625. The number of thiol groups is 1. The fourth-order valence-electron chi connectivity index (χ4n) is 2.35. The second-order valence-corrected chi connectivity index (χ2v) is 4.75. The Labute approximate surface area is 79.7 Å². The van der Waals surface area contributed by atoms with Gasteiger partial charge < -0.3 is 4.74 Å². The van der Waals surface area contributed by atoms with E-state index in [1.165, 1.54) is 25.8 Å². The summed E-state index contributed by atoms with van der Waals surface area (Å²) < 4.78 is 5.32. The van der Waals surface area contributed by atoms with Crippen molar-refractivity contribution in [1.82, 2.24) is 4.90 Å². The van der Waals surface area contributed by atoms with E-state index < -0.39 is 0 Å².